The van der Waals surface area contributed by atoms with Crippen molar-refractivity contribution < 1.29 is 15.0 Å². The first-order chi connectivity index (χ1) is 10.7. The van der Waals surface area contributed by atoms with Gasteiger partial charge in [0.05, 0.1) is 18.6 Å². The molecule has 0 spiro atoms. The van der Waals surface area contributed by atoms with E-state index in [2.05, 4.69) is 5.32 Å². The number of nitrogens with one attached hydrogen (secondary N) is 1. The van der Waals surface area contributed by atoms with Crippen LogP contribution in [-0.2, 0) is 4.79 Å². The third-order valence-corrected chi connectivity index (χ3v) is 4.51. The highest BCUT2D eigenvalue weighted by Crippen LogP contribution is 2.27. The van der Waals surface area contributed by atoms with Crippen molar-refractivity contribution in [3.63, 3.8) is 0 Å². The van der Waals surface area contributed by atoms with Crippen LogP contribution in [0.2, 0.25) is 0 Å². The summed E-state index contributed by atoms with van der Waals surface area (Å²) in [6, 6.07) is 9.23. The molecule has 3 N–H and O–H groups in total. The summed E-state index contributed by atoms with van der Waals surface area (Å²) in [6.07, 6.45) is 5.38. The van der Waals surface area contributed by atoms with Crippen molar-refractivity contribution >= 4 is 5.91 Å². The fraction of sp³-hybridized carbons (Fsp3) is 0.611. The van der Waals surface area contributed by atoms with E-state index in [4.69, 9.17) is 0 Å². The molecule has 3 unspecified atom stereocenters. The Kier molecular flexibility index (Phi) is 6.87. The van der Waals surface area contributed by atoms with Crippen LogP contribution in [0, 0.1) is 5.92 Å². The zero-order valence-electron chi connectivity index (χ0n) is 13.1. The minimum absolute atomic E-state index is 0.0933. The number of carbonyl (C=O) groups excluding carboxylic acids is 1. The summed E-state index contributed by atoms with van der Waals surface area (Å²) in [5, 5.41) is 22.8. The van der Waals surface area contributed by atoms with Crippen LogP contribution in [0.1, 0.15) is 56.6 Å². The standard InChI is InChI=1S/C18H27NO3/c20-16-11-5-4-9-14(16)10-6-12-19-18(22)13-17(21)15-7-2-1-3-8-15/h1-3,7-8,14,16-17,20-21H,4-6,9-13H2,(H,19,22). The summed E-state index contributed by atoms with van der Waals surface area (Å²) in [7, 11) is 0. The molecule has 0 heterocycles. The summed E-state index contributed by atoms with van der Waals surface area (Å²) in [6.45, 7) is 0.615. The van der Waals surface area contributed by atoms with Crippen LogP contribution in [0.15, 0.2) is 30.3 Å². The van der Waals surface area contributed by atoms with Crippen molar-refractivity contribution in [2.45, 2.75) is 57.2 Å². The average Bonchev–Trinajstić information content (AvgIpc) is 2.54. The zero-order chi connectivity index (χ0) is 15.8. The van der Waals surface area contributed by atoms with Gasteiger partial charge in [-0.1, -0.05) is 43.2 Å². The maximum Gasteiger partial charge on any atom is 0.222 e. The third kappa shape index (κ3) is 5.43. The number of aliphatic hydroxyl groups excluding tert-OH is 2. The fourth-order valence-electron chi connectivity index (χ4n) is 3.16. The highest BCUT2D eigenvalue weighted by atomic mass is 16.3. The SMILES string of the molecule is O=C(CC(O)c1ccccc1)NCCCC1CCCCC1O. The summed E-state index contributed by atoms with van der Waals surface area (Å²) >= 11 is 0. The van der Waals surface area contributed by atoms with Crippen molar-refractivity contribution in [2.24, 2.45) is 5.92 Å². The molecule has 4 nitrogen and oxygen atoms in total. The summed E-state index contributed by atoms with van der Waals surface area (Å²) in [5.41, 5.74) is 0.767. The number of carbonyl (C=O) groups is 1. The van der Waals surface area contributed by atoms with Crippen molar-refractivity contribution in [1.29, 1.82) is 0 Å². The first-order valence-corrected chi connectivity index (χ1v) is 8.34. The lowest BCUT2D eigenvalue weighted by atomic mass is 9.83. The lowest BCUT2D eigenvalue weighted by molar-refractivity contribution is -0.123. The first kappa shape index (κ1) is 17.0. The van der Waals surface area contributed by atoms with Gasteiger partial charge >= 0.3 is 0 Å². The second kappa shape index (κ2) is 8.91. The Bertz CT molecular complexity index is 449. The molecule has 0 radical (unpaired) electrons. The van der Waals surface area contributed by atoms with Gasteiger partial charge in [0.2, 0.25) is 5.91 Å². The predicted octanol–water partition coefficient (Wildman–Crippen LogP) is 2.56. The number of hydrogen-bond donors (Lipinski definition) is 3. The molecule has 0 aliphatic heterocycles. The molecule has 1 amide bonds. The molecule has 3 atom stereocenters. The van der Waals surface area contributed by atoms with Gasteiger partial charge in [0.1, 0.15) is 0 Å². The van der Waals surface area contributed by atoms with E-state index in [1.54, 1.807) is 0 Å². The number of rotatable bonds is 7. The number of amides is 1. The summed E-state index contributed by atoms with van der Waals surface area (Å²) in [4.78, 5) is 11.8. The van der Waals surface area contributed by atoms with Gasteiger partial charge in [-0.25, -0.2) is 0 Å². The van der Waals surface area contributed by atoms with Crippen molar-refractivity contribution in [1.82, 2.24) is 5.32 Å². The van der Waals surface area contributed by atoms with Crippen molar-refractivity contribution in [2.75, 3.05) is 6.54 Å². The van der Waals surface area contributed by atoms with E-state index >= 15 is 0 Å². The van der Waals surface area contributed by atoms with Gasteiger partial charge in [-0.3, -0.25) is 4.79 Å². The lowest BCUT2D eigenvalue weighted by Crippen LogP contribution is -2.28. The Morgan fingerprint density at radius 1 is 1.23 bits per heavy atom. The Morgan fingerprint density at radius 3 is 2.68 bits per heavy atom. The van der Waals surface area contributed by atoms with Crippen LogP contribution in [0.5, 0.6) is 0 Å². The van der Waals surface area contributed by atoms with Gasteiger partial charge in [0.15, 0.2) is 0 Å². The summed E-state index contributed by atoms with van der Waals surface area (Å²) < 4.78 is 0. The molecular formula is C18H27NO3. The van der Waals surface area contributed by atoms with E-state index in [1.165, 1.54) is 6.42 Å². The molecule has 0 bridgehead atoms. The lowest BCUT2D eigenvalue weighted by Gasteiger charge is -2.27. The smallest absolute Gasteiger partial charge is 0.222 e. The van der Waals surface area contributed by atoms with Crippen LogP contribution in [0.4, 0.5) is 0 Å². The van der Waals surface area contributed by atoms with E-state index in [1.807, 2.05) is 30.3 Å². The van der Waals surface area contributed by atoms with E-state index < -0.39 is 6.10 Å². The molecule has 1 saturated carbocycles. The third-order valence-electron chi connectivity index (χ3n) is 4.51. The largest absolute Gasteiger partial charge is 0.393 e. The molecule has 1 aromatic carbocycles. The van der Waals surface area contributed by atoms with Crippen LogP contribution in [-0.4, -0.2) is 28.8 Å². The second-order valence-corrected chi connectivity index (χ2v) is 6.23. The minimum atomic E-state index is -0.749. The minimum Gasteiger partial charge on any atom is -0.393 e. The Labute approximate surface area is 132 Å². The number of hydrogen-bond acceptors (Lipinski definition) is 3. The number of benzene rings is 1. The molecule has 1 aliphatic rings. The van der Waals surface area contributed by atoms with Gasteiger partial charge in [0, 0.05) is 6.54 Å². The number of aliphatic hydroxyl groups is 2. The van der Waals surface area contributed by atoms with Crippen LogP contribution < -0.4 is 5.32 Å². The monoisotopic (exact) mass is 305 g/mol. The molecule has 2 rings (SSSR count). The zero-order valence-corrected chi connectivity index (χ0v) is 13.1. The molecule has 1 fully saturated rings. The van der Waals surface area contributed by atoms with Gasteiger partial charge in [-0.15, -0.1) is 0 Å². The Balaban J connectivity index is 1.61. The quantitative estimate of drug-likeness (QED) is 0.678. The van der Waals surface area contributed by atoms with Gasteiger partial charge in [-0.2, -0.15) is 0 Å². The average molecular weight is 305 g/mol. The Morgan fingerprint density at radius 2 is 1.95 bits per heavy atom. The molecule has 22 heavy (non-hydrogen) atoms. The summed E-state index contributed by atoms with van der Waals surface area (Å²) in [5.74, 6) is 0.265. The van der Waals surface area contributed by atoms with Gasteiger partial charge in [0.25, 0.3) is 0 Å². The molecule has 0 aromatic heterocycles. The first-order valence-electron chi connectivity index (χ1n) is 8.34. The van der Waals surface area contributed by atoms with Crippen LogP contribution >= 0.6 is 0 Å². The topological polar surface area (TPSA) is 69.6 Å². The normalized spacial score (nSPS) is 23.0. The van der Waals surface area contributed by atoms with Gasteiger partial charge in [-0.05, 0) is 37.2 Å². The van der Waals surface area contributed by atoms with Crippen molar-refractivity contribution in [3.8, 4) is 0 Å². The fourth-order valence-corrected chi connectivity index (χ4v) is 3.16. The highest BCUT2D eigenvalue weighted by molar-refractivity contribution is 5.76. The predicted molar refractivity (Wildman–Crippen MR) is 86.2 cm³/mol. The molecule has 1 aliphatic carbocycles. The molecule has 122 valence electrons. The molecular weight excluding hydrogens is 278 g/mol. The van der Waals surface area contributed by atoms with E-state index in [-0.39, 0.29) is 18.4 Å². The second-order valence-electron chi connectivity index (χ2n) is 6.23. The highest BCUT2D eigenvalue weighted by Gasteiger charge is 2.22. The maximum atomic E-state index is 11.8. The van der Waals surface area contributed by atoms with Crippen molar-refractivity contribution in [3.05, 3.63) is 35.9 Å². The molecule has 1 aromatic rings. The van der Waals surface area contributed by atoms with E-state index in [0.717, 1.165) is 37.7 Å². The maximum absolute atomic E-state index is 11.8. The van der Waals surface area contributed by atoms with Crippen LogP contribution in [0.3, 0.4) is 0 Å². The molecule has 4 heteroatoms. The Hall–Kier alpha value is -1.39. The molecule has 0 saturated heterocycles. The van der Waals surface area contributed by atoms with E-state index in [0.29, 0.717) is 12.5 Å². The van der Waals surface area contributed by atoms with Crippen LogP contribution in [0.25, 0.3) is 0 Å². The van der Waals surface area contributed by atoms with Gasteiger partial charge < -0.3 is 15.5 Å². The van der Waals surface area contributed by atoms with E-state index in [9.17, 15) is 15.0 Å².